The van der Waals surface area contributed by atoms with Gasteiger partial charge in [-0.05, 0) is 19.1 Å². The summed E-state index contributed by atoms with van der Waals surface area (Å²) >= 11 is 0. The number of nitrogens with two attached hydrogens (primary N) is 1. The normalized spacial score (nSPS) is 15.7. The van der Waals surface area contributed by atoms with Crippen molar-refractivity contribution < 1.29 is 9.47 Å². The van der Waals surface area contributed by atoms with Crippen LogP contribution in [0.25, 0.3) is 10.9 Å². The lowest BCUT2D eigenvalue weighted by Gasteiger charge is -2.18. The number of hydrogen-bond donors (Lipinski definition) is 1. The number of benzene rings is 1. The van der Waals surface area contributed by atoms with Gasteiger partial charge in [0.1, 0.15) is 13.2 Å². The Morgan fingerprint density at radius 1 is 1.22 bits per heavy atom. The van der Waals surface area contributed by atoms with Crippen molar-refractivity contribution >= 4 is 10.9 Å². The molecule has 1 atom stereocenters. The van der Waals surface area contributed by atoms with Crippen LogP contribution in [-0.4, -0.2) is 24.2 Å². The van der Waals surface area contributed by atoms with E-state index in [4.69, 9.17) is 15.2 Å². The third-order valence-corrected chi connectivity index (χ3v) is 2.94. The molecule has 4 nitrogen and oxygen atoms in total. The Kier molecular flexibility index (Phi) is 2.80. The second-order valence-electron chi connectivity index (χ2n) is 4.67. The van der Waals surface area contributed by atoms with Crippen molar-refractivity contribution in [2.24, 2.45) is 5.73 Å². The summed E-state index contributed by atoms with van der Waals surface area (Å²) in [6, 6.07) is 8.10. The van der Waals surface area contributed by atoms with Crippen LogP contribution in [0.4, 0.5) is 0 Å². The highest BCUT2D eigenvalue weighted by atomic mass is 16.6. The number of pyridine rings is 1. The van der Waals surface area contributed by atoms with Gasteiger partial charge in [0.25, 0.3) is 0 Å². The maximum Gasteiger partial charge on any atom is 0.163 e. The van der Waals surface area contributed by atoms with Crippen LogP contribution in [0, 0.1) is 0 Å². The van der Waals surface area contributed by atoms with Crippen molar-refractivity contribution in [1.82, 2.24) is 4.98 Å². The molecule has 1 aliphatic heterocycles. The summed E-state index contributed by atoms with van der Waals surface area (Å²) in [5.74, 6) is 1.58. The highest BCUT2D eigenvalue weighted by Crippen LogP contribution is 2.33. The molecule has 1 aliphatic rings. The lowest BCUT2D eigenvalue weighted by atomic mass is 10.1. The van der Waals surface area contributed by atoms with E-state index in [1.54, 1.807) is 0 Å². The highest BCUT2D eigenvalue weighted by Gasteiger charge is 2.13. The van der Waals surface area contributed by atoms with Gasteiger partial charge in [0.05, 0.1) is 5.52 Å². The Labute approximate surface area is 106 Å². The Balaban J connectivity index is 2.05. The van der Waals surface area contributed by atoms with Crippen molar-refractivity contribution in [1.29, 1.82) is 0 Å². The lowest BCUT2D eigenvalue weighted by molar-refractivity contribution is 0.172. The van der Waals surface area contributed by atoms with Gasteiger partial charge in [0, 0.05) is 29.6 Å². The summed E-state index contributed by atoms with van der Waals surface area (Å²) in [4.78, 5) is 4.61. The molecule has 0 saturated carbocycles. The second-order valence-corrected chi connectivity index (χ2v) is 4.67. The topological polar surface area (TPSA) is 57.4 Å². The van der Waals surface area contributed by atoms with E-state index in [2.05, 4.69) is 11.1 Å². The molecule has 2 aromatic rings. The zero-order chi connectivity index (χ0) is 12.5. The molecule has 0 radical (unpaired) electrons. The molecule has 1 unspecified atom stereocenters. The first kappa shape index (κ1) is 11.3. The maximum absolute atomic E-state index is 5.79. The monoisotopic (exact) mass is 244 g/mol. The Morgan fingerprint density at radius 2 is 1.94 bits per heavy atom. The zero-order valence-electron chi connectivity index (χ0n) is 10.3. The first-order chi connectivity index (χ1) is 8.72. The van der Waals surface area contributed by atoms with Gasteiger partial charge in [-0.25, -0.2) is 0 Å². The molecule has 94 valence electrons. The largest absolute Gasteiger partial charge is 0.486 e. The van der Waals surface area contributed by atoms with Crippen molar-refractivity contribution in [3.63, 3.8) is 0 Å². The minimum Gasteiger partial charge on any atom is -0.486 e. The van der Waals surface area contributed by atoms with Gasteiger partial charge < -0.3 is 15.2 Å². The molecule has 0 amide bonds. The van der Waals surface area contributed by atoms with Crippen LogP contribution in [0.5, 0.6) is 11.5 Å². The van der Waals surface area contributed by atoms with Crippen LogP contribution in [0.1, 0.15) is 12.6 Å². The number of rotatable bonds is 2. The molecule has 2 N–H and O–H groups in total. The first-order valence-electron chi connectivity index (χ1n) is 6.17. The summed E-state index contributed by atoms with van der Waals surface area (Å²) in [7, 11) is 0. The Hall–Kier alpha value is -1.81. The predicted octanol–water partition coefficient (Wildman–Crippen LogP) is 1.90. The zero-order valence-corrected chi connectivity index (χ0v) is 10.3. The molecule has 4 heteroatoms. The minimum atomic E-state index is 0.118. The quantitative estimate of drug-likeness (QED) is 0.876. The van der Waals surface area contributed by atoms with Crippen molar-refractivity contribution in [2.75, 3.05) is 13.2 Å². The average Bonchev–Trinajstić information content (AvgIpc) is 2.35. The summed E-state index contributed by atoms with van der Waals surface area (Å²) in [6.45, 7) is 3.18. The van der Waals surface area contributed by atoms with E-state index in [-0.39, 0.29) is 6.04 Å². The Morgan fingerprint density at radius 3 is 2.67 bits per heavy atom. The first-order valence-corrected chi connectivity index (χ1v) is 6.17. The van der Waals surface area contributed by atoms with E-state index in [1.165, 1.54) is 0 Å². The molecular formula is C14H16N2O2. The molecule has 0 fully saturated rings. The van der Waals surface area contributed by atoms with Crippen molar-refractivity contribution in [3.05, 3.63) is 30.0 Å². The molecule has 1 aromatic heterocycles. The minimum absolute atomic E-state index is 0.118. The van der Waals surface area contributed by atoms with Crippen molar-refractivity contribution in [2.45, 2.75) is 19.4 Å². The average molecular weight is 244 g/mol. The number of ether oxygens (including phenoxy) is 2. The third kappa shape index (κ3) is 2.11. The number of nitrogens with zero attached hydrogens (tertiary/aromatic N) is 1. The molecule has 0 aliphatic carbocycles. The molecule has 2 heterocycles. The number of fused-ring (bicyclic) bond motifs is 2. The van der Waals surface area contributed by atoms with Crippen LogP contribution in [-0.2, 0) is 6.42 Å². The smallest absolute Gasteiger partial charge is 0.163 e. The standard InChI is InChI=1S/C14H16N2O2/c1-9(15)6-11-3-2-10-7-13-14(8-12(10)16-11)18-5-4-17-13/h2-3,7-9H,4-6,15H2,1H3. The van der Waals surface area contributed by atoms with Gasteiger partial charge in [0.2, 0.25) is 0 Å². The van der Waals surface area contributed by atoms with E-state index in [1.807, 2.05) is 25.1 Å². The van der Waals surface area contributed by atoms with Crippen LogP contribution < -0.4 is 15.2 Å². The number of aromatic nitrogens is 1. The van der Waals surface area contributed by atoms with Gasteiger partial charge in [-0.1, -0.05) is 6.07 Å². The van der Waals surface area contributed by atoms with E-state index >= 15 is 0 Å². The van der Waals surface area contributed by atoms with E-state index < -0.39 is 0 Å². The van der Waals surface area contributed by atoms with Crippen LogP contribution in [0.3, 0.4) is 0 Å². The summed E-state index contributed by atoms with van der Waals surface area (Å²) in [5.41, 5.74) is 7.73. The SMILES string of the molecule is CC(N)Cc1ccc2cc3c(cc2n1)OCCO3. The van der Waals surface area contributed by atoms with E-state index in [0.29, 0.717) is 13.2 Å². The van der Waals surface area contributed by atoms with Crippen LogP contribution in [0.15, 0.2) is 24.3 Å². The third-order valence-electron chi connectivity index (χ3n) is 2.94. The molecule has 1 aromatic carbocycles. The fourth-order valence-corrected chi connectivity index (χ4v) is 2.15. The van der Waals surface area contributed by atoms with Crippen LogP contribution >= 0.6 is 0 Å². The van der Waals surface area contributed by atoms with Crippen LogP contribution in [0.2, 0.25) is 0 Å². The lowest BCUT2D eigenvalue weighted by Crippen LogP contribution is -2.18. The van der Waals surface area contributed by atoms with E-state index in [0.717, 1.165) is 34.5 Å². The van der Waals surface area contributed by atoms with E-state index in [9.17, 15) is 0 Å². The maximum atomic E-state index is 5.79. The van der Waals surface area contributed by atoms with Gasteiger partial charge in [-0.2, -0.15) is 0 Å². The van der Waals surface area contributed by atoms with Gasteiger partial charge in [-0.15, -0.1) is 0 Å². The van der Waals surface area contributed by atoms with Gasteiger partial charge in [0.15, 0.2) is 11.5 Å². The highest BCUT2D eigenvalue weighted by molar-refractivity contribution is 5.82. The molecular weight excluding hydrogens is 228 g/mol. The van der Waals surface area contributed by atoms with Crippen molar-refractivity contribution in [3.8, 4) is 11.5 Å². The molecule has 18 heavy (non-hydrogen) atoms. The van der Waals surface area contributed by atoms with Gasteiger partial charge >= 0.3 is 0 Å². The molecule has 0 saturated heterocycles. The fraction of sp³-hybridized carbons (Fsp3) is 0.357. The Bertz CT molecular complexity index is 581. The summed E-state index contributed by atoms with van der Waals surface area (Å²) < 4.78 is 11.1. The molecule has 0 spiro atoms. The molecule has 3 rings (SSSR count). The molecule has 0 bridgehead atoms. The van der Waals surface area contributed by atoms with Gasteiger partial charge in [-0.3, -0.25) is 4.98 Å². The summed E-state index contributed by atoms with van der Waals surface area (Å²) in [5, 5.41) is 1.06. The number of hydrogen-bond acceptors (Lipinski definition) is 4. The second kappa shape index (κ2) is 4.46. The summed E-state index contributed by atoms with van der Waals surface area (Å²) in [6.07, 6.45) is 0.782. The predicted molar refractivity (Wildman–Crippen MR) is 70.1 cm³/mol. The fourth-order valence-electron chi connectivity index (χ4n) is 2.15.